The highest BCUT2D eigenvalue weighted by atomic mass is 16.5. The number of carbonyl (C=O) groups is 2. The molecule has 0 atom stereocenters. The van der Waals surface area contributed by atoms with E-state index >= 15 is 0 Å². The van der Waals surface area contributed by atoms with Crippen LogP contribution in [0.1, 0.15) is 34.7 Å². The van der Waals surface area contributed by atoms with Gasteiger partial charge in [-0.1, -0.05) is 6.07 Å². The summed E-state index contributed by atoms with van der Waals surface area (Å²) in [4.78, 5) is 32.7. The van der Waals surface area contributed by atoms with Gasteiger partial charge in [-0.2, -0.15) is 0 Å². The minimum atomic E-state index is -0.0899. The highest BCUT2D eigenvalue weighted by molar-refractivity contribution is 5.95. The quantitative estimate of drug-likeness (QED) is 0.847. The molecule has 1 aliphatic heterocycles. The van der Waals surface area contributed by atoms with Gasteiger partial charge in [0.15, 0.2) is 0 Å². The maximum absolute atomic E-state index is 12.6. The molecule has 0 N–H and O–H groups in total. The van der Waals surface area contributed by atoms with Crippen molar-refractivity contribution >= 4 is 11.8 Å². The molecule has 26 heavy (non-hydrogen) atoms. The zero-order valence-corrected chi connectivity index (χ0v) is 15.1. The fourth-order valence-corrected chi connectivity index (χ4v) is 2.89. The molecule has 1 aliphatic rings. The first-order valence-electron chi connectivity index (χ1n) is 8.81. The zero-order valence-electron chi connectivity index (χ0n) is 15.1. The van der Waals surface area contributed by atoms with Crippen molar-refractivity contribution in [2.45, 2.75) is 20.0 Å². The first kappa shape index (κ1) is 17.9. The topological polar surface area (TPSA) is 62.7 Å². The fraction of sp³-hybridized carbons (Fsp3) is 0.350. The molecule has 0 radical (unpaired) electrons. The van der Waals surface area contributed by atoms with E-state index < -0.39 is 0 Å². The first-order chi connectivity index (χ1) is 12.5. The van der Waals surface area contributed by atoms with Crippen LogP contribution in [0.25, 0.3) is 0 Å². The van der Waals surface area contributed by atoms with Crippen molar-refractivity contribution in [1.82, 2.24) is 14.8 Å². The summed E-state index contributed by atoms with van der Waals surface area (Å²) >= 11 is 0. The Kier molecular flexibility index (Phi) is 5.51. The summed E-state index contributed by atoms with van der Waals surface area (Å²) in [5.41, 5.74) is 1.07. The average Bonchev–Trinajstić information content (AvgIpc) is 2.68. The monoisotopic (exact) mass is 353 g/mol. The molecule has 0 spiro atoms. The Balaban J connectivity index is 1.57. The molecule has 1 fully saturated rings. The number of hydrogen-bond donors (Lipinski definition) is 0. The lowest BCUT2D eigenvalue weighted by Crippen LogP contribution is -2.50. The van der Waals surface area contributed by atoms with Crippen LogP contribution in [0.5, 0.6) is 5.75 Å². The largest absolute Gasteiger partial charge is 0.491 e. The fourth-order valence-electron chi connectivity index (χ4n) is 2.89. The zero-order chi connectivity index (χ0) is 18.5. The van der Waals surface area contributed by atoms with Crippen molar-refractivity contribution in [3.05, 3.63) is 59.9 Å². The standard InChI is InChI=1S/C20H23N3O3/c1-15(2)26-17-8-6-16(7-9-17)19(24)22-11-13-23(14-12-22)20(25)18-5-3-4-10-21-18/h3-10,15H,11-14H2,1-2H3. The molecule has 3 rings (SSSR count). The van der Waals surface area contributed by atoms with Crippen LogP contribution < -0.4 is 4.74 Å². The van der Waals surface area contributed by atoms with Crippen LogP contribution >= 0.6 is 0 Å². The van der Waals surface area contributed by atoms with Gasteiger partial charge in [-0.3, -0.25) is 14.6 Å². The van der Waals surface area contributed by atoms with Gasteiger partial charge < -0.3 is 14.5 Å². The normalized spacial score (nSPS) is 14.4. The molecule has 0 unspecified atom stereocenters. The van der Waals surface area contributed by atoms with E-state index in [1.165, 1.54) is 0 Å². The number of benzene rings is 1. The second kappa shape index (κ2) is 7.99. The Hall–Kier alpha value is -2.89. The SMILES string of the molecule is CC(C)Oc1ccc(C(=O)N2CCN(C(=O)c3ccccn3)CC2)cc1. The van der Waals surface area contributed by atoms with Gasteiger partial charge in [-0.25, -0.2) is 0 Å². The third-order valence-corrected chi connectivity index (χ3v) is 4.21. The van der Waals surface area contributed by atoms with Crippen molar-refractivity contribution in [1.29, 1.82) is 0 Å². The van der Waals surface area contributed by atoms with Crippen LogP contribution in [-0.2, 0) is 0 Å². The third-order valence-electron chi connectivity index (χ3n) is 4.21. The van der Waals surface area contributed by atoms with Gasteiger partial charge in [0.1, 0.15) is 11.4 Å². The van der Waals surface area contributed by atoms with E-state index in [0.717, 1.165) is 5.75 Å². The van der Waals surface area contributed by atoms with E-state index in [2.05, 4.69) is 4.98 Å². The lowest BCUT2D eigenvalue weighted by Gasteiger charge is -2.34. The molecule has 6 heteroatoms. The van der Waals surface area contributed by atoms with E-state index in [-0.39, 0.29) is 17.9 Å². The van der Waals surface area contributed by atoms with Crippen molar-refractivity contribution < 1.29 is 14.3 Å². The maximum atomic E-state index is 12.6. The van der Waals surface area contributed by atoms with Gasteiger partial charge in [0, 0.05) is 37.9 Å². The summed E-state index contributed by atoms with van der Waals surface area (Å²) in [5.74, 6) is 0.640. The molecule has 0 aliphatic carbocycles. The van der Waals surface area contributed by atoms with Crippen molar-refractivity contribution in [3.63, 3.8) is 0 Å². The van der Waals surface area contributed by atoms with Crippen LogP contribution in [0.15, 0.2) is 48.7 Å². The predicted octanol–water partition coefficient (Wildman–Crippen LogP) is 2.47. The Morgan fingerprint density at radius 1 is 0.923 bits per heavy atom. The molecule has 0 bridgehead atoms. The number of amides is 2. The highest BCUT2D eigenvalue weighted by Crippen LogP contribution is 2.16. The second-order valence-corrected chi connectivity index (χ2v) is 6.49. The van der Waals surface area contributed by atoms with Crippen molar-refractivity contribution in [2.75, 3.05) is 26.2 Å². The summed E-state index contributed by atoms with van der Waals surface area (Å²) < 4.78 is 5.60. The molecular formula is C20H23N3O3. The van der Waals surface area contributed by atoms with Gasteiger partial charge in [-0.15, -0.1) is 0 Å². The van der Waals surface area contributed by atoms with Crippen LogP contribution in [0.3, 0.4) is 0 Å². The van der Waals surface area contributed by atoms with Gasteiger partial charge in [0.05, 0.1) is 6.10 Å². The molecule has 1 saturated heterocycles. The summed E-state index contributed by atoms with van der Waals surface area (Å²) in [6.45, 7) is 5.98. The van der Waals surface area contributed by atoms with Crippen LogP contribution in [-0.4, -0.2) is 58.9 Å². The predicted molar refractivity (Wildman–Crippen MR) is 98.3 cm³/mol. The lowest BCUT2D eigenvalue weighted by molar-refractivity contribution is 0.0532. The number of rotatable bonds is 4. The van der Waals surface area contributed by atoms with E-state index in [1.807, 2.05) is 26.0 Å². The van der Waals surface area contributed by atoms with Crippen molar-refractivity contribution in [3.8, 4) is 5.75 Å². The summed E-state index contributed by atoms with van der Waals surface area (Å²) in [6, 6.07) is 12.5. The molecular weight excluding hydrogens is 330 g/mol. The lowest BCUT2D eigenvalue weighted by atomic mass is 10.1. The molecule has 1 aromatic heterocycles. The molecule has 136 valence electrons. The number of carbonyl (C=O) groups excluding carboxylic acids is 2. The Morgan fingerprint density at radius 3 is 2.08 bits per heavy atom. The Bertz CT molecular complexity index is 752. The van der Waals surface area contributed by atoms with Crippen molar-refractivity contribution in [2.24, 2.45) is 0 Å². The summed E-state index contributed by atoms with van der Waals surface area (Å²) in [7, 11) is 0. The Morgan fingerprint density at radius 2 is 1.54 bits per heavy atom. The molecule has 6 nitrogen and oxygen atoms in total. The summed E-state index contributed by atoms with van der Waals surface area (Å²) in [6.07, 6.45) is 1.71. The van der Waals surface area contributed by atoms with Crippen LogP contribution in [0, 0.1) is 0 Å². The number of piperazine rings is 1. The van der Waals surface area contributed by atoms with E-state index in [0.29, 0.717) is 37.4 Å². The number of nitrogens with zero attached hydrogens (tertiary/aromatic N) is 3. The van der Waals surface area contributed by atoms with Gasteiger partial charge in [0.2, 0.25) is 0 Å². The molecule has 1 aromatic carbocycles. The number of hydrogen-bond acceptors (Lipinski definition) is 4. The first-order valence-corrected chi connectivity index (χ1v) is 8.81. The number of aromatic nitrogens is 1. The number of pyridine rings is 1. The Labute approximate surface area is 153 Å². The van der Waals surface area contributed by atoms with Crippen LogP contribution in [0.2, 0.25) is 0 Å². The smallest absolute Gasteiger partial charge is 0.272 e. The minimum absolute atomic E-state index is 0.0222. The highest BCUT2D eigenvalue weighted by Gasteiger charge is 2.25. The second-order valence-electron chi connectivity index (χ2n) is 6.49. The average molecular weight is 353 g/mol. The minimum Gasteiger partial charge on any atom is -0.491 e. The third kappa shape index (κ3) is 4.20. The molecule has 2 aromatic rings. The van der Waals surface area contributed by atoms with E-state index in [9.17, 15) is 9.59 Å². The summed E-state index contributed by atoms with van der Waals surface area (Å²) in [5, 5.41) is 0. The van der Waals surface area contributed by atoms with Gasteiger partial charge in [0.25, 0.3) is 11.8 Å². The maximum Gasteiger partial charge on any atom is 0.272 e. The van der Waals surface area contributed by atoms with Gasteiger partial charge >= 0.3 is 0 Å². The molecule has 2 heterocycles. The molecule has 0 saturated carbocycles. The van der Waals surface area contributed by atoms with Gasteiger partial charge in [-0.05, 0) is 50.2 Å². The molecule has 2 amide bonds. The number of ether oxygens (including phenoxy) is 1. The van der Waals surface area contributed by atoms with E-state index in [4.69, 9.17) is 4.74 Å². The van der Waals surface area contributed by atoms with Crippen LogP contribution in [0.4, 0.5) is 0 Å². The van der Waals surface area contributed by atoms with E-state index in [1.54, 1.807) is 46.3 Å².